The molecule has 2 aromatic rings. The molecule has 96 valence electrons. The molecule has 0 saturated carbocycles. The van der Waals surface area contributed by atoms with E-state index >= 15 is 0 Å². The average molecular weight is 258 g/mol. The first-order valence-electron chi connectivity index (χ1n) is 5.40. The fourth-order valence-electron chi connectivity index (χ4n) is 1.97. The lowest BCUT2D eigenvalue weighted by Crippen LogP contribution is -2.13. The van der Waals surface area contributed by atoms with E-state index in [1.54, 1.807) is 4.57 Å². The van der Waals surface area contributed by atoms with Crippen LogP contribution in [0.3, 0.4) is 0 Å². The van der Waals surface area contributed by atoms with E-state index in [0.717, 1.165) is 12.6 Å². The largest absolute Gasteiger partial charge is 0.451 e. The summed E-state index contributed by atoms with van der Waals surface area (Å²) in [5, 5.41) is 0. The molecule has 5 nitrogen and oxygen atoms in total. The molecule has 2 aromatic heterocycles. The van der Waals surface area contributed by atoms with E-state index in [4.69, 9.17) is 4.74 Å². The highest BCUT2D eigenvalue weighted by atomic mass is 19.4. The molecule has 3 heterocycles. The van der Waals surface area contributed by atoms with Crippen molar-refractivity contribution in [3.8, 4) is 0 Å². The normalized spacial score (nSPS) is 20.7. The monoisotopic (exact) mass is 258 g/mol. The molecule has 0 radical (unpaired) electrons. The minimum atomic E-state index is -4.55. The van der Waals surface area contributed by atoms with Gasteiger partial charge in [-0.2, -0.15) is 13.2 Å². The number of ether oxygens (including phenoxy) is 1. The Balaban J connectivity index is 2.10. The zero-order valence-electron chi connectivity index (χ0n) is 9.18. The van der Waals surface area contributed by atoms with Gasteiger partial charge in [0.05, 0.1) is 25.2 Å². The Morgan fingerprint density at radius 3 is 2.83 bits per heavy atom. The van der Waals surface area contributed by atoms with Crippen LogP contribution in [0.2, 0.25) is 0 Å². The molecule has 1 atom stereocenters. The number of fused-ring (bicyclic) bond motifs is 1. The van der Waals surface area contributed by atoms with Crippen molar-refractivity contribution in [3.05, 3.63) is 18.3 Å². The first-order chi connectivity index (χ1) is 8.55. The standard InChI is InChI=1S/C10H9F3N4O/c11-10(12,13)9-14-3-7-8(16-9)17(5-15-7)6-1-2-18-4-6/h3,5-6H,1-2,4H2. The van der Waals surface area contributed by atoms with Crippen molar-refractivity contribution < 1.29 is 17.9 Å². The molecule has 3 rings (SSSR count). The van der Waals surface area contributed by atoms with Crippen molar-refractivity contribution in [2.75, 3.05) is 13.2 Å². The van der Waals surface area contributed by atoms with Crippen LogP contribution in [0.4, 0.5) is 13.2 Å². The molecular formula is C10H9F3N4O. The molecule has 1 aliphatic rings. The zero-order valence-corrected chi connectivity index (χ0v) is 9.18. The van der Waals surface area contributed by atoms with Gasteiger partial charge in [0.25, 0.3) is 0 Å². The zero-order chi connectivity index (χ0) is 12.8. The molecule has 1 saturated heterocycles. The van der Waals surface area contributed by atoms with Gasteiger partial charge in [0.15, 0.2) is 5.65 Å². The third-order valence-electron chi connectivity index (χ3n) is 2.87. The maximum absolute atomic E-state index is 12.6. The molecule has 18 heavy (non-hydrogen) atoms. The van der Waals surface area contributed by atoms with Crippen molar-refractivity contribution >= 4 is 11.2 Å². The van der Waals surface area contributed by atoms with Crippen molar-refractivity contribution in [2.24, 2.45) is 0 Å². The third-order valence-corrected chi connectivity index (χ3v) is 2.87. The summed E-state index contributed by atoms with van der Waals surface area (Å²) in [6.07, 6.45) is -1.22. The van der Waals surface area contributed by atoms with Gasteiger partial charge in [-0.05, 0) is 6.42 Å². The summed E-state index contributed by atoms with van der Waals surface area (Å²) in [7, 11) is 0. The first-order valence-corrected chi connectivity index (χ1v) is 5.40. The van der Waals surface area contributed by atoms with E-state index in [9.17, 15) is 13.2 Å². The quantitative estimate of drug-likeness (QED) is 0.782. The summed E-state index contributed by atoms with van der Waals surface area (Å²) < 4.78 is 44.5. The Hall–Kier alpha value is -1.70. The number of hydrogen-bond donors (Lipinski definition) is 0. The Labute approximate surface area is 99.6 Å². The number of rotatable bonds is 1. The Morgan fingerprint density at radius 2 is 2.17 bits per heavy atom. The van der Waals surface area contributed by atoms with E-state index in [2.05, 4.69) is 15.0 Å². The highest BCUT2D eigenvalue weighted by Gasteiger charge is 2.35. The van der Waals surface area contributed by atoms with Crippen molar-refractivity contribution in [3.63, 3.8) is 0 Å². The summed E-state index contributed by atoms with van der Waals surface area (Å²) in [5.74, 6) is -1.14. The third kappa shape index (κ3) is 1.82. The fourth-order valence-corrected chi connectivity index (χ4v) is 1.97. The predicted molar refractivity (Wildman–Crippen MR) is 54.8 cm³/mol. The van der Waals surface area contributed by atoms with Gasteiger partial charge in [-0.25, -0.2) is 15.0 Å². The number of alkyl halides is 3. The smallest absolute Gasteiger partial charge is 0.379 e. The van der Waals surface area contributed by atoms with Crippen LogP contribution >= 0.6 is 0 Å². The molecule has 0 bridgehead atoms. The van der Waals surface area contributed by atoms with Crippen molar-refractivity contribution in [1.29, 1.82) is 0 Å². The summed E-state index contributed by atoms with van der Waals surface area (Å²) in [6.45, 7) is 1.07. The van der Waals surface area contributed by atoms with Crippen LogP contribution < -0.4 is 0 Å². The summed E-state index contributed by atoms with van der Waals surface area (Å²) >= 11 is 0. The Bertz CT molecular complexity index is 574. The van der Waals surface area contributed by atoms with E-state index < -0.39 is 12.0 Å². The van der Waals surface area contributed by atoms with Gasteiger partial charge >= 0.3 is 6.18 Å². The van der Waals surface area contributed by atoms with Crippen LogP contribution in [-0.4, -0.2) is 32.7 Å². The number of aromatic nitrogens is 4. The highest BCUT2D eigenvalue weighted by Crippen LogP contribution is 2.28. The van der Waals surface area contributed by atoms with Crippen LogP contribution in [0.1, 0.15) is 18.3 Å². The molecular weight excluding hydrogens is 249 g/mol. The minimum Gasteiger partial charge on any atom is -0.379 e. The second kappa shape index (κ2) is 3.91. The lowest BCUT2D eigenvalue weighted by Gasteiger charge is -2.10. The molecule has 0 aromatic carbocycles. The molecule has 0 spiro atoms. The van der Waals surface area contributed by atoms with E-state index in [1.807, 2.05) is 0 Å². The summed E-state index contributed by atoms with van der Waals surface area (Å²) in [4.78, 5) is 10.8. The molecule has 1 unspecified atom stereocenters. The maximum Gasteiger partial charge on any atom is 0.451 e. The molecule has 1 aliphatic heterocycles. The van der Waals surface area contributed by atoms with Gasteiger partial charge in [0, 0.05) is 6.61 Å². The lowest BCUT2D eigenvalue weighted by atomic mass is 10.2. The summed E-state index contributed by atoms with van der Waals surface area (Å²) in [5.41, 5.74) is 0.558. The number of hydrogen-bond acceptors (Lipinski definition) is 4. The van der Waals surface area contributed by atoms with Gasteiger partial charge in [-0.3, -0.25) is 0 Å². The molecule has 8 heteroatoms. The van der Waals surface area contributed by atoms with E-state index in [1.165, 1.54) is 6.33 Å². The average Bonchev–Trinajstić information content (AvgIpc) is 2.95. The van der Waals surface area contributed by atoms with Gasteiger partial charge in [-0.1, -0.05) is 0 Å². The topological polar surface area (TPSA) is 52.8 Å². The molecule has 0 N–H and O–H groups in total. The second-order valence-electron chi connectivity index (χ2n) is 4.07. The fraction of sp³-hybridized carbons (Fsp3) is 0.500. The van der Waals surface area contributed by atoms with Crippen LogP contribution in [0, 0.1) is 0 Å². The second-order valence-corrected chi connectivity index (χ2v) is 4.07. The predicted octanol–water partition coefficient (Wildman–Crippen LogP) is 1.81. The minimum absolute atomic E-state index is 0.00835. The number of nitrogens with zero attached hydrogens (tertiary/aromatic N) is 4. The maximum atomic E-state index is 12.6. The van der Waals surface area contributed by atoms with Gasteiger partial charge < -0.3 is 9.30 Å². The number of imidazole rings is 1. The SMILES string of the molecule is FC(F)(F)c1ncc2ncn(C3CCOC3)c2n1. The van der Waals surface area contributed by atoms with Crippen molar-refractivity contribution in [1.82, 2.24) is 19.5 Å². The Kier molecular flexibility index (Phi) is 2.47. The van der Waals surface area contributed by atoms with E-state index in [-0.39, 0.29) is 11.7 Å². The molecule has 1 fully saturated rings. The highest BCUT2D eigenvalue weighted by molar-refractivity contribution is 5.69. The molecule has 0 amide bonds. The van der Waals surface area contributed by atoms with Gasteiger partial charge in [0.1, 0.15) is 5.52 Å². The molecule has 0 aliphatic carbocycles. The van der Waals surface area contributed by atoms with Crippen molar-refractivity contribution in [2.45, 2.75) is 18.6 Å². The van der Waals surface area contributed by atoms with Crippen LogP contribution in [0.25, 0.3) is 11.2 Å². The lowest BCUT2D eigenvalue weighted by molar-refractivity contribution is -0.144. The first kappa shape index (κ1) is 11.4. The van der Waals surface area contributed by atoms with Crippen LogP contribution in [-0.2, 0) is 10.9 Å². The summed E-state index contributed by atoms with van der Waals surface area (Å²) in [6, 6.07) is -0.00835. The van der Waals surface area contributed by atoms with Gasteiger partial charge in [-0.15, -0.1) is 0 Å². The number of halogens is 3. The Morgan fingerprint density at radius 1 is 1.33 bits per heavy atom. The van der Waals surface area contributed by atoms with Gasteiger partial charge in [0.2, 0.25) is 5.82 Å². The van der Waals surface area contributed by atoms with Crippen LogP contribution in [0.5, 0.6) is 0 Å². The van der Waals surface area contributed by atoms with E-state index in [0.29, 0.717) is 18.7 Å². The van der Waals surface area contributed by atoms with Crippen LogP contribution in [0.15, 0.2) is 12.5 Å².